The molecule has 1 fully saturated rings. The molecular formula is C20H30N2O2. The molecule has 1 saturated heterocycles. The largest absolute Gasteiger partial charge is 0.352 e. The van der Waals surface area contributed by atoms with Gasteiger partial charge >= 0.3 is 0 Å². The number of benzene rings is 1. The maximum atomic E-state index is 12.4. The Hall–Kier alpha value is -1.84. The van der Waals surface area contributed by atoms with E-state index in [2.05, 4.69) is 51.2 Å². The summed E-state index contributed by atoms with van der Waals surface area (Å²) in [7, 11) is 0. The van der Waals surface area contributed by atoms with Crippen molar-refractivity contribution in [1.29, 1.82) is 0 Å². The van der Waals surface area contributed by atoms with Crippen molar-refractivity contribution in [2.75, 3.05) is 13.1 Å². The lowest BCUT2D eigenvalue weighted by atomic mass is 9.85. The Labute approximate surface area is 145 Å². The Bertz CT molecular complexity index is 609. The van der Waals surface area contributed by atoms with Gasteiger partial charge in [0.05, 0.1) is 0 Å². The monoisotopic (exact) mass is 330 g/mol. The van der Waals surface area contributed by atoms with Crippen molar-refractivity contribution in [2.45, 2.75) is 59.4 Å². The van der Waals surface area contributed by atoms with Crippen molar-refractivity contribution in [1.82, 2.24) is 10.2 Å². The van der Waals surface area contributed by atoms with Crippen LogP contribution >= 0.6 is 0 Å². The number of hydrogen-bond donors (Lipinski definition) is 1. The van der Waals surface area contributed by atoms with Crippen LogP contribution in [0.4, 0.5) is 0 Å². The minimum absolute atomic E-state index is 0.0229. The van der Waals surface area contributed by atoms with Crippen LogP contribution in [0.3, 0.4) is 0 Å². The first-order valence-corrected chi connectivity index (χ1v) is 8.81. The maximum absolute atomic E-state index is 12.4. The molecule has 4 heteroatoms. The van der Waals surface area contributed by atoms with Crippen molar-refractivity contribution in [2.24, 2.45) is 5.92 Å². The van der Waals surface area contributed by atoms with Gasteiger partial charge in [0.15, 0.2) is 0 Å². The molecular weight excluding hydrogens is 300 g/mol. The molecule has 132 valence electrons. The highest BCUT2D eigenvalue weighted by Crippen LogP contribution is 2.24. The minimum atomic E-state index is 0.0229. The molecule has 24 heavy (non-hydrogen) atoms. The molecule has 1 aromatic carbocycles. The summed E-state index contributed by atoms with van der Waals surface area (Å²) in [6.45, 7) is 12.2. The molecule has 0 aromatic heterocycles. The van der Waals surface area contributed by atoms with E-state index in [9.17, 15) is 9.59 Å². The SMILES string of the molecule is CC(=O)N1CCC(C(=O)NCc2ccc(C(C)(C)C)cc2C)CC1. The van der Waals surface area contributed by atoms with Gasteiger partial charge in [-0.3, -0.25) is 9.59 Å². The van der Waals surface area contributed by atoms with Crippen LogP contribution in [-0.2, 0) is 21.5 Å². The topological polar surface area (TPSA) is 49.4 Å². The first-order valence-electron chi connectivity index (χ1n) is 8.81. The number of rotatable bonds is 3. The van der Waals surface area contributed by atoms with E-state index in [0.717, 1.165) is 18.4 Å². The zero-order valence-electron chi connectivity index (χ0n) is 15.6. The number of nitrogens with zero attached hydrogens (tertiary/aromatic N) is 1. The number of aryl methyl sites for hydroxylation is 1. The lowest BCUT2D eigenvalue weighted by molar-refractivity contribution is -0.134. The van der Waals surface area contributed by atoms with Crippen LogP contribution in [0.15, 0.2) is 18.2 Å². The zero-order chi connectivity index (χ0) is 17.9. The molecule has 0 aliphatic carbocycles. The molecule has 2 amide bonds. The Balaban J connectivity index is 1.89. The molecule has 0 bridgehead atoms. The lowest BCUT2D eigenvalue weighted by Crippen LogP contribution is -2.42. The number of carbonyl (C=O) groups is 2. The summed E-state index contributed by atoms with van der Waals surface area (Å²) < 4.78 is 0. The summed E-state index contributed by atoms with van der Waals surface area (Å²) in [5.74, 6) is 0.232. The predicted molar refractivity (Wildman–Crippen MR) is 96.7 cm³/mol. The van der Waals surface area contributed by atoms with Gasteiger partial charge in [-0.05, 0) is 41.9 Å². The van der Waals surface area contributed by atoms with Gasteiger partial charge in [-0.25, -0.2) is 0 Å². The molecule has 1 aliphatic heterocycles. The molecule has 0 spiro atoms. The van der Waals surface area contributed by atoms with E-state index in [-0.39, 0.29) is 23.1 Å². The molecule has 0 unspecified atom stereocenters. The van der Waals surface area contributed by atoms with Crippen molar-refractivity contribution < 1.29 is 9.59 Å². The number of likely N-dealkylation sites (tertiary alicyclic amines) is 1. The molecule has 1 aliphatic rings. The number of hydrogen-bond acceptors (Lipinski definition) is 2. The van der Waals surface area contributed by atoms with Gasteiger partial charge < -0.3 is 10.2 Å². The average Bonchev–Trinajstić information content (AvgIpc) is 2.52. The smallest absolute Gasteiger partial charge is 0.223 e. The van der Waals surface area contributed by atoms with Crippen LogP contribution in [0, 0.1) is 12.8 Å². The lowest BCUT2D eigenvalue weighted by Gasteiger charge is -2.30. The minimum Gasteiger partial charge on any atom is -0.352 e. The van der Waals surface area contributed by atoms with E-state index in [4.69, 9.17) is 0 Å². The fourth-order valence-corrected chi connectivity index (χ4v) is 3.14. The van der Waals surface area contributed by atoms with E-state index in [0.29, 0.717) is 19.6 Å². The molecule has 4 nitrogen and oxygen atoms in total. The highest BCUT2D eigenvalue weighted by atomic mass is 16.2. The second-order valence-corrected chi connectivity index (χ2v) is 7.89. The van der Waals surface area contributed by atoms with Crippen LogP contribution in [0.1, 0.15) is 57.2 Å². The standard InChI is InChI=1S/C20H30N2O2/c1-14-12-18(20(3,4)5)7-6-17(14)13-21-19(24)16-8-10-22(11-9-16)15(2)23/h6-7,12,16H,8-11,13H2,1-5H3,(H,21,24). The van der Waals surface area contributed by atoms with Gasteiger partial charge in [-0.2, -0.15) is 0 Å². The Morgan fingerprint density at radius 2 is 1.83 bits per heavy atom. The fourth-order valence-electron chi connectivity index (χ4n) is 3.14. The van der Waals surface area contributed by atoms with Gasteiger partial charge in [0.2, 0.25) is 11.8 Å². The summed E-state index contributed by atoms with van der Waals surface area (Å²) in [5.41, 5.74) is 3.83. The van der Waals surface area contributed by atoms with E-state index >= 15 is 0 Å². The van der Waals surface area contributed by atoms with Crippen LogP contribution in [0.5, 0.6) is 0 Å². The number of amides is 2. The molecule has 0 saturated carbocycles. The summed E-state index contributed by atoms with van der Waals surface area (Å²) in [6, 6.07) is 6.49. The van der Waals surface area contributed by atoms with Crippen LogP contribution in [0.25, 0.3) is 0 Å². The van der Waals surface area contributed by atoms with Gasteiger partial charge in [-0.1, -0.05) is 39.0 Å². The maximum Gasteiger partial charge on any atom is 0.223 e. The van der Waals surface area contributed by atoms with Crippen molar-refractivity contribution in [3.63, 3.8) is 0 Å². The third-order valence-electron chi connectivity index (χ3n) is 4.97. The average molecular weight is 330 g/mol. The summed E-state index contributed by atoms with van der Waals surface area (Å²) in [5, 5.41) is 3.07. The highest BCUT2D eigenvalue weighted by molar-refractivity contribution is 5.79. The Morgan fingerprint density at radius 3 is 2.33 bits per heavy atom. The quantitative estimate of drug-likeness (QED) is 0.925. The summed E-state index contributed by atoms with van der Waals surface area (Å²) in [6.07, 6.45) is 1.51. The van der Waals surface area contributed by atoms with Crippen LogP contribution in [-0.4, -0.2) is 29.8 Å². The third kappa shape index (κ3) is 4.59. The van der Waals surface area contributed by atoms with Crippen molar-refractivity contribution >= 4 is 11.8 Å². The van der Waals surface area contributed by atoms with Gasteiger partial charge in [0, 0.05) is 32.5 Å². The van der Waals surface area contributed by atoms with E-state index in [1.807, 2.05) is 4.90 Å². The molecule has 1 aromatic rings. The van der Waals surface area contributed by atoms with Gasteiger partial charge in [0.1, 0.15) is 0 Å². The van der Waals surface area contributed by atoms with E-state index in [1.54, 1.807) is 6.92 Å². The summed E-state index contributed by atoms with van der Waals surface area (Å²) in [4.78, 5) is 25.5. The number of nitrogens with one attached hydrogen (secondary N) is 1. The van der Waals surface area contributed by atoms with E-state index < -0.39 is 0 Å². The molecule has 1 heterocycles. The van der Waals surface area contributed by atoms with Crippen LogP contribution in [0.2, 0.25) is 0 Å². The van der Waals surface area contributed by atoms with Crippen molar-refractivity contribution in [3.8, 4) is 0 Å². The first kappa shape index (κ1) is 18.5. The molecule has 2 rings (SSSR count). The van der Waals surface area contributed by atoms with E-state index in [1.165, 1.54) is 11.1 Å². The Kier molecular flexibility index (Phi) is 5.68. The van der Waals surface area contributed by atoms with Gasteiger partial charge in [-0.15, -0.1) is 0 Å². The molecule has 1 N–H and O–H groups in total. The third-order valence-corrected chi connectivity index (χ3v) is 4.97. The number of piperidine rings is 1. The highest BCUT2D eigenvalue weighted by Gasteiger charge is 2.25. The molecule has 0 atom stereocenters. The van der Waals surface area contributed by atoms with Gasteiger partial charge in [0.25, 0.3) is 0 Å². The summed E-state index contributed by atoms with van der Waals surface area (Å²) >= 11 is 0. The van der Waals surface area contributed by atoms with Crippen LogP contribution < -0.4 is 5.32 Å². The predicted octanol–water partition coefficient (Wildman–Crippen LogP) is 3.17. The molecule has 0 radical (unpaired) electrons. The zero-order valence-corrected chi connectivity index (χ0v) is 15.6. The first-order chi connectivity index (χ1) is 11.2. The second kappa shape index (κ2) is 7.37. The number of carbonyl (C=O) groups excluding carboxylic acids is 2. The Morgan fingerprint density at radius 1 is 1.21 bits per heavy atom. The second-order valence-electron chi connectivity index (χ2n) is 7.89. The fraction of sp³-hybridized carbons (Fsp3) is 0.600. The van der Waals surface area contributed by atoms with Crippen molar-refractivity contribution in [3.05, 3.63) is 34.9 Å². The normalized spacial score (nSPS) is 16.1.